The fourth-order valence-corrected chi connectivity index (χ4v) is 3.22. The second-order valence-electron chi connectivity index (χ2n) is 4.09. The van der Waals surface area contributed by atoms with Crippen molar-refractivity contribution >= 4 is 10.0 Å². The molecule has 1 aliphatic heterocycles. The average Bonchev–Trinajstić information content (AvgIpc) is 3.00. The van der Waals surface area contributed by atoms with Crippen LogP contribution in [0.5, 0.6) is 0 Å². The highest BCUT2D eigenvalue weighted by Crippen LogP contribution is 2.24. The van der Waals surface area contributed by atoms with E-state index in [1.807, 2.05) is 0 Å². The summed E-state index contributed by atoms with van der Waals surface area (Å²) in [6, 6.07) is 2.60. The summed E-state index contributed by atoms with van der Waals surface area (Å²) >= 11 is 0. The lowest BCUT2D eigenvalue weighted by molar-refractivity contribution is 0.391. The maximum atomic E-state index is 12.0. The number of nitrogens with one attached hydrogen (secondary N) is 1. The lowest BCUT2D eigenvalue weighted by Crippen LogP contribution is -2.33. The van der Waals surface area contributed by atoms with Crippen LogP contribution in [0.25, 0.3) is 0 Å². The van der Waals surface area contributed by atoms with Crippen molar-refractivity contribution in [3.05, 3.63) is 30.5 Å². The quantitative estimate of drug-likeness (QED) is 0.884. The Morgan fingerprint density at radius 2 is 2.39 bits per heavy atom. The number of furan rings is 1. The molecule has 1 aliphatic rings. The van der Waals surface area contributed by atoms with E-state index in [1.54, 1.807) is 4.68 Å². The summed E-state index contributed by atoms with van der Waals surface area (Å²) in [5, 5.41) is 3.96. The van der Waals surface area contributed by atoms with Crippen LogP contribution in [-0.4, -0.2) is 23.2 Å². The summed E-state index contributed by atoms with van der Waals surface area (Å²) in [6.45, 7) is 0.772. The number of aryl methyl sites for hydroxylation is 1. The van der Waals surface area contributed by atoms with E-state index in [2.05, 4.69) is 14.8 Å². The number of aromatic nitrogens is 3. The molecule has 2 aromatic heterocycles. The minimum absolute atomic E-state index is 0.0841. The van der Waals surface area contributed by atoms with Gasteiger partial charge in [0.2, 0.25) is 5.09 Å². The van der Waals surface area contributed by atoms with Gasteiger partial charge in [0, 0.05) is 6.54 Å². The molecule has 1 N–H and O–H groups in total. The maximum Gasteiger partial charge on any atom is 0.274 e. The highest BCUT2D eigenvalue weighted by atomic mass is 32.2. The predicted molar refractivity (Wildman–Crippen MR) is 61.0 cm³/mol. The standard InChI is InChI=1S/C10H12N4O3S/c15-18(16,9-4-2-6-17-9)13-8-3-1-5-14-10(8)11-7-12-14/h2,4,6-8,13H,1,3,5H2. The molecular formula is C10H12N4O3S. The van der Waals surface area contributed by atoms with Crippen LogP contribution in [0.4, 0.5) is 0 Å². The molecule has 0 saturated heterocycles. The van der Waals surface area contributed by atoms with E-state index >= 15 is 0 Å². The van der Waals surface area contributed by atoms with Gasteiger partial charge in [-0.1, -0.05) is 0 Å². The van der Waals surface area contributed by atoms with E-state index in [1.165, 1.54) is 24.7 Å². The first kappa shape index (κ1) is 11.4. The van der Waals surface area contributed by atoms with Crippen LogP contribution in [0.15, 0.2) is 34.2 Å². The van der Waals surface area contributed by atoms with Crippen LogP contribution in [-0.2, 0) is 16.6 Å². The van der Waals surface area contributed by atoms with Gasteiger partial charge in [-0.3, -0.25) is 0 Å². The van der Waals surface area contributed by atoms with Gasteiger partial charge in [0.1, 0.15) is 12.2 Å². The molecule has 1 unspecified atom stereocenters. The Bertz CT molecular complexity index is 632. The van der Waals surface area contributed by atoms with E-state index in [0.717, 1.165) is 13.0 Å². The molecule has 0 radical (unpaired) electrons. The zero-order valence-electron chi connectivity index (χ0n) is 9.48. The number of sulfonamides is 1. The topological polar surface area (TPSA) is 90.0 Å². The fraction of sp³-hybridized carbons (Fsp3) is 0.400. The van der Waals surface area contributed by atoms with Crippen molar-refractivity contribution in [2.75, 3.05) is 0 Å². The Morgan fingerprint density at radius 1 is 1.50 bits per heavy atom. The summed E-state index contributed by atoms with van der Waals surface area (Å²) < 4.78 is 33.3. The van der Waals surface area contributed by atoms with Gasteiger partial charge in [-0.2, -0.15) is 9.82 Å². The van der Waals surface area contributed by atoms with Gasteiger partial charge in [0.25, 0.3) is 10.0 Å². The van der Waals surface area contributed by atoms with Crippen molar-refractivity contribution in [1.29, 1.82) is 0 Å². The molecule has 0 aliphatic carbocycles. The van der Waals surface area contributed by atoms with Gasteiger partial charge in [-0.05, 0) is 25.0 Å². The molecule has 0 fully saturated rings. The normalized spacial score (nSPS) is 19.7. The minimum Gasteiger partial charge on any atom is -0.452 e. The van der Waals surface area contributed by atoms with Crippen molar-refractivity contribution < 1.29 is 12.8 Å². The molecule has 0 bridgehead atoms. The van der Waals surface area contributed by atoms with Gasteiger partial charge in [0.15, 0.2) is 0 Å². The number of hydrogen-bond acceptors (Lipinski definition) is 5. The molecular weight excluding hydrogens is 256 g/mol. The highest BCUT2D eigenvalue weighted by molar-refractivity contribution is 7.89. The first-order chi connectivity index (χ1) is 8.67. The molecule has 96 valence electrons. The largest absolute Gasteiger partial charge is 0.452 e. The average molecular weight is 268 g/mol. The number of hydrogen-bond donors (Lipinski definition) is 1. The van der Waals surface area contributed by atoms with Gasteiger partial charge in [0.05, 0.1) is 12.3 Å². The molecule has 2 aromatic rings. The molecule has 0 aromatic carbocycles. The molecule has 3 rings (SSSR count). The first-order valence-corrected chi connectivity index (χ1v) is 7.09. The third-order valence-electron chi connectivity index (χ3n) is 2.88. The lowest BCUT2D eigenvalue weighted by atomic mass is 10.1. The maximum absolute atomic E-state index is 12.0. The summed E-state index contributed by atoms with van der Waals surface area (Å²) in [5.41, 5.74) is 0. The zero-order chi connectivity index (χ0) is 12.6. The summed E-state index contributed by atoms with van der Waals surface area (Å²) in [7, 11) is -3.63. The molecule has 7 nitrogen and oxygen atoms in total. The number of rotatable bonds is 3. The van der Waals surface area contributed by atoms with Crippen LogP contribution in [0.2, 0.25) is 0 Å². The monoisotopic (exact) mass is 268 g/mol. The van der Waals surface area contributed by atoms with Gasteiger partial charge in [-0.25, -0.2) is 18.1 Å². The number of nitrogens with zero attached hydrogens (tertiary/aromatic N) is 3. The Balaban J connectivity index is 1.87. The van der Waals surface area contributed by atoms with Gasteiger partial charge >= 0.3 is 0 Å². The lowest BCUT2D eigenvalue weighted by Gasteiger charge is -2.22. The van der Waals surface area contributed by atoms with E-state index in [4.69, 9.17) is 4.42 Å². The van der Waals surface area contributed by atoms with Gasteiger partial charge < -0.3 is 4.42 Å². The van der Waals surface area contributed by atoms with Crippen molar-refractivity contribution in [2.24, 2.45) is 0 Å². The Labute approximate surface area is 104 Å². The van der Waals surface area contributed by atoms with Crippen molar-refractivity contribution in [3.8, 4) is 0 Å². The smallest absolute Gasteiger partial charge is 0.274 e. The van der Waals surface area contributed by atoms with Crippen molar-refractivity contribution in [1.82, 2.24) is 19.5 Å². The van der Waals surface area contributed by atoms with E-state index in [9.17, 15) is 8.42 Å². The third kappa shape index (κ3) is 1.93. The van der Waals surface area contributed by atoms with E-state index < -0.39 is 10.0 Å². The second-order valence-corrected chi connectivity index (χ2v) is 5.73. The SMILES string of the molecule is O=S(=O)(NC1CCCn2ncnc21)c1ccco1. The summed E-state index contributed by atoms with van der Waals surface area (Å²) in [6.07, 6.45) is 4.34. The van der Waals surface area contributed by atoms with Crippen LogP contribution in [0, 0.1) is 0 Å². The Kier molecular flexibility index (Phi) is 2.67. The van der Waals surface area contributed by atoms with Crippen LogP contribution in [0.3, 0.4) is 0 Å². The van der Waals surface area contributed by atoms with Gasteiger partial charge in [-0.15, -0.1) is 0 Å². The second kappa shape index (κ2) is 4.21. The van der Waals surface area contributed by atoms with Crippen LogP contribution >= 0.6 is 0 Å². The van der Waals surface area contributed by atoms with Crippen molar-refractivity contribution in [2.45, 2.75) is 30.5 Å². The predicted octanol–water partition coefficient (Wildman–Crippen LogP) is 0.684. The molecule has 3 heterocycles. The summed E-state index contributed by atoms with van der Waals surface area (Å²) in [4.78, 5) is 4.10. The minimum atomic E-state index is -3.63. The highest BCUT2D eigenvalue weighted by Gasteiger charge is 2.28. The van der Waals surface area contributed by atoms with Crippen LogP contribution < -0.4 is 4.72 Å². The first-order valence-electron chi connectivity index (χ1n) is 5.60. The fourth-order valence-electron chi connectivity index (χ4n) is 2.06. The summed E-state index contributed by atoms with van der Waals surface area (Å²) in [5.74, 6) is 0.649. The third-order valence-corrected chi connectivity index (χ3v) is 4.23. The van der Waals surface area contributed by atoms with Crippen LogP contribution in [0.1, 0.15) is 24.7 Å². The molecule has 0 amide bonds. The molecule has 8 heteroatoms. The molecule has 0 saturated carbocycles. The van der Waals surface area contributed by atoms with E-state index in [0.29, 0.717) is 12.2 Å². The molecule has 18 heavy (non-hydrogen) atoms. The molecule has 0 spiro atoms. The molecule has 1 atom stereocenters. The Morgan fingerprint density at radius 3 is 3.17 bits per heavy atom. The van der Waals surface area contributed by atoms with Crippen molar-refractivity contribution in [3.63, 3.8) is 0 Å². The Hall–Kier alpha value is -1.67. The zero-order valence-corrected chi connectivity index (χ0v) is 10.3. The number of fused-ring (bicyclic) bond motifs is 1. The van der Waals surface area contributed by atoms with E-state index in [-0.39, 0.29) is 11.1 Å².